The van der Waals surface area contributed by atoms with Gasteiger partial charge in [0, 0.05) is 18.0 Å². The zero-order valence-corrected chi connectivity index (χ0v) is 19.2. The van der Waals surface area contributed by atoms with Crippen molar-refractivity contribution in [3.05, 3.63) is 29.8 Å². The van der Waals surface area contributed by atoms with Crippen LogP contribution in [0.5, 0.6) is 5.75 Å². The van der Waals surface area contributed by atoms with Crippen LogP contribution in [0.25, 0.3) is 0 Å². The minimum atomic E-state index is -1.17. The van der Waals surface area contributed by atoms with Crippen LogP contribution in [-0.4, -0.2) is 56.7 Å². The molecule has 0 saturated heterocycles. The highest BCUT2D eigenvalue weighted by molar-refractivity contribution is 5.95. The van der Waals surface area contributed by atoms with Gasteiger partial charge >= 0.3 is 0 Å². The normalized spacial score (nSPS) is 12.4. The van der Waals surface area contributed by atoms with Gasteiger partial charge in [0.1, 0.15) is 5.75 Å². The Hall–Kier alpha value is -2.08. The van der Waals surface area contributed by atoms with E-state index in [1.54, 1.807) is 18.2 Å². The van der Waals surface area contributed by atoms with Crippen molar-refractivity contribution < 1.29 is 23.9 Å². The molecule has 0 radical (unpaired) electrons. The third-order valence-corrected chi connectivity index (χ3v) is 4.88. The average Bonchev–Trinajstić information content (AvgIpc) is 2.65. The number of carboxylic acids is 1. The number of nitrogens with one attached hydrogen (secondary N) is 1. The van der Waals surface area contributed by atoms with Gasteiger partial charge in [0.25, 0.3) is 5.91 Å². The van der Waals surface area contributed by atoms with Gasteiger partial charge in [0.15, 0.2) is 0 Å². The van der Waals surface area contributed by atoms with Gasteiger partial charge in [0.2, 0.25) is 0 Å². The number of hydrogen-bond acceptors (Lipinski definition) is 4. The van der Waals surface area contributed by atoms with Crippen LogP contribution in [0.3, 0.4) is 0 Å². The summed E-state index contributed by atoms with van der Waals surface area (Å²) in [6.07, 6.45) is 9.73. The molecule has 0 aromatic heterocycles. The van der Waals surface area contributed by atoms with Crippen molar-refractivity contribution in [2.75, 3.05) is 34.3 Å². The van der Waals surface area contributed by atoms with E-state index in [-0.39, 0.29) is 12.3 Å². The molecule has 1 atom stereocenters. The van der Waals surface area contributed by atoms with Gasteiger partial charge < -0.3 is 24.4 Å². The number of carbonyl (C=O) groups is 2. The van der Waals surface area contributed by atoms with Crippen molar-refractivity contribution >= 4 is 11.9 Å². The predicted molar refractivity (Wildman–Crippen MR) is 118 cm³/mol. The summed E-state index contributed by atoms with van der Waals surface area (Å²) in [7, 11) is 5.86. The number of likely N-dealkylation sites (N-methyl/N-ethyl adjacent to an activating group) is 1. The van der Waals surface area contributed by atoms with Crippen molar-refractivity contribution in [3.63, 3.8) is 0 Å². The van der Waals surface area contributed by atoms with E-state index in [4.69, 9.17) is 4.74 Å². The van der Waals surface area contributed by atoms with Crippen LogP contribution in [0.2, 0.25) is 0 Å². The minimum Gasteiger partial charge on any atom is -0.550 e. The summed E-state index contributed by atoms with van der Waals surface area (Å²) in [5, 5.41) is 13.9. The number of carbonyl (C=O) groups excluding carboxylic acids is 2. The monoisotopic (exact) mass is 420 g/mol. The molecule has 1 unspecified atom stereocenters. The second-order valence-electron chi connectivity index (χ2n) is 9.07. The maximum absolute atomic E-state index is 12.6. The van der Waals surface area contributed by atoms with Crippen molar-refractivity contribution in [1.29, 1.82) is 0 Å². The Labute approximate surface area is 182 Å². The first-order chi connectivity index (χ1) is 14.2. The minimum absolute atomic E-state index is 0.212. The highest BCUT2D eigenvalue weighted by atomic mass is 16.5. The number of nitrogens with zero attached hydrogens (tertiary/aromatic N) is 1. The second-order valence-corrected chi connectivity index (χ2v) is 9.07. The van der Waals surface area contributed by atoms with Gasteiger partial charge in [0.05, 0.1) is 40.3 Å². The molecule has 1 rings (SSSR count). The maximum atomic E-state index is 12.6. The third kappa shape index (κ3) is 12.5. The Morgan fingerprint density at radius 1 is 1.03 bits per heavy atom. The first-order valence-corrected chi connectivity index (χ1v) is 11.3. The topological polar surface area (TPSA) is 78.5 Å². The van der Waals surface area contributed by atoms with E-state index in [0.29, 0.717) is 28.9 Å². The summed E-state index contributed by atoms with van der Waals surface area (Å²) in [4.78, 5) is 23.6. The molecule has 0 aliphatic rings. The highest BCUT2D eigenvalue weighted by Crippen LogP contribution is 2.15. The summed E-state index contributed by atoms with van der Waals surface area (Å²) in [5.41, 5.74) is 0.466. The lowest BCUT2D eigenvalue weighted by Gasteiger charge is -2.30. The predicted octanol–water partition coefficient (Wildman–Crippen LogP) is 3.15. The Morgan fingerprint density at radius 2 is 1.67 bits per heavy atom. The van der Waals surface area contributed by atoms with Gasteiger partial charge in [-0.05, 0) is 24.6 Å². The van der Waals surface area contributed by atoms with E-state index in [9.17, 15) is 14.7 Å². The molecule has 0 aliphatic heterocycles. The zero-order valence-electron chi connectivity index (χ0n) is 19.2. The first-order valence-electron chi connectivity index (χ1n) is 11.3. The number of carboxylic acid groups (broad SMARTS) is 1. The molecule has 6 heteroatoms. The van der Waals surface area contributed by atoms with Gasteiger partial charge in [-0.25, -0.2) is 0 Å². The third-order valence-electron chi connectivity index (χ3n) is 4.88. The van der Waals surface area contributed by atoms with Gasteiger partial charge in [-0.1, -0.05) is 57.9 Å². The summed E-state index contributed by atoms with van der Waals surface area (Å²) in [6.45, 7) is 3.36. The number of unbranched alkanes of at least 4 members (excludes halogenated alkanes) is 7. The van der Waals surface area contributed by atoms with Crippen molar-refractivity contribution in [3.8, 4) is 5.75 Å². The van der Waals surface area contributed by atoms with Crippen molar-refractivity contribution in [1.82, 2.24) is 5.32 Å². The fourth-order valence-corrected chi connectivity index (χ4v) is 3.45. The molecule has 0 spiro atoms. The van der Waals surface area contributed by atoms with Gasteiger partial charge in [-0.15, -0.1) is 0 Å². The number of ether oxygens (including phenoxy) is 1. The largest absolute Gasteiger partial charge is 0.550 e. The zero-order chi connectivity index (χ0) is 22.4. The molecule has 0 heterocycles. The lowest BCUT2D eigenvalue weighted by molar-refractivity contribution is -0.871. The number of aliphatic carboxylic acids is 1. The standard InChI is InChI=1S/C24H40N2O4/c1-5-6-7-8-9-10-11-12-16-30-22-15-13-14-20(17-22)24(29)25-21(18-23(27)28)19-26(2,3)4/h13-15,17,21H,5-12,16,18-19H2,1-4H3,(H-,25,27,28,29). The lowest BCUT2D eigenvalue weighted by Crippen LogP contribution is -2.50. The van der Waals surface area contributed by atoms with Crippen LogP contribution in [0.1, 0.15) is 75.1 Å². The Morgan fingerprint density at radius 3 is 2.27 bits per heavy atom. The molecule has 1 amide bonds. The summed E-state index contributed by atoms with van der Waals surface area (Å²) < 4.78 is 6.35. The number of rotatable bonds is 16. The molecule has 30 heavy (non-hydrogen) atoms. The number of quaternary nitrogens is 1. The van der Waals surface area contributed by atoms with Crippen LogP contribution >= 0.6 is 0 Å². The van der Waals surface area contributed by atoms with Crippen LogP contribution in [0.15, 0.2) is 24.3 Å². The highest BCUT2D eigenvalue weighted by Gasteiger charge is 2.21. The summed E-state index contributed by atoms with van der Waals surface area (Å²) in [6, 6.07) is 6.55. The molecule has 0 fully saturated rings. The molecule has 6 nitrogen and oxygen atoms in total. The molecule has 0 aliphatic carbocycles. The molecule has 1 N–H and O–H groups in total. The number of amides is 1. The summed E-state index contributed by atoms with van der Waals surface area (Å²) in [5.74, 6) is -0.808. The van der Waals surface area contributed by atoms with Gasteiger partial charge in [-0.2, -0.15) is 0 Å². The SMILES string of the molecule is CCCCCCCCCCOc1cccc(C(=O)NC(CC(=O)[O-])C[N+](C)(C)C)c1. The van der Waals surface area contributed by atoms with Crippen LogP contribution in [-0.2, 0) is 4.79 Å². The van der Waals surface area contributed by atoms with Crippen molar-refractivity contribution in [2.45, 2.75) is 70.8 Å². The second kappa shape index (κ2) is 14.0. The maximum Gasteiger partial charge on any atom is 0.251 e. The molecular formula is C24H40N2O4. The van der Waals surface area contributed by atoms with Gasteiger partial charge in [-0.3, -0.25) is 4.79 Å². The quantitative estimate of drug-likeness (QED) is 0.329. The van der Waals surface area contributed by atoms with E-state index in [2.05, 4.69) is 12.2 Å². The van der Waals surface area contributed by atoms with Crippen LogP contribution < -0.4 is 15.2 Å². The van der Waals surface area contributed by atoms with Crippen LogP contribution in [0, 0.1) is 0 Å². The van der Waals surface area contributed by atoms with E-state index >= 15 is 0 Å². The molecule has 0 bridgehead atoms. The molecule has 1 aromatic rings. The lowest BCUT2D eigenvalue weighted by atomic mass is 10.1. The Balaban J connectivity index is 2.45. The van der Waals surface area contributed by atoms with E-state index < -0.39 is 12.0 Å². The Bertz CT molecular complexity index is 640. The first kappa shape index (κ1) is 26.0. The summed E-state index contributed by atoms with van der Waals surface area (Å²) >= 11 is 0. The fourth-order valence-electron chi connectivity index (χ4n) is 3.45. The van der Waals surface area contributed by atoms with Crippen molar-refractivity contribution in [2.24, 2.45) is 0 Å². The molecule has 170 valence electrons. The molecule has 0 saturated carbocycles. The molecular weight excluding hydrogens is 380 g/mol. The van der Waals surface area contributed by atoms with E-state index in [1.165, 1.54) is 38.5 Å². The number of hydrogen-bond donors (Lipinski definition) is 1. The van der Waals surface area contributed by atoms with E-state index in [1.807, 2.05) is 27.2 Å². The molecule has 1 aromatic carbocycles. The van der Waals surface area contributed by atoms with Crippen LogP contribution in [0.4, 0.5) is 0 Å². The Kier molecular flexibility index (Phi) is 12.1. The number of benzene rings is 1. The average molecular weight is 421 g/mol. The van der Waals surface area contributed by atoms with E-state index in [0.717, 1.165) is 12.8 Å². The smallest absolute Gasteiger partial charge is 0.251 e. The fraction of sp³-hybridized carbons (Fsp3) is 0.667.